The number of hydrogen-bond acceptors (Lipinski definition) is 5. The van der Waals surface area contributed by atoms with Crippen molar-refractivity contribution in [3.8, 4) is 11.5 Å². The van der Waals surface area contributed by atoms with Gasteiger partial charge in [-0.05, 0) is 19.1 Å². The number of aliphatic hydroxyl groups is 1. The minimum Gasteiger partial charge on any atom is -0.491 e. The molecule has 0 spiro atoms. The van der Waals surface area contributed by atoms with Crippen molar-refractivity contribution in [1.82, 2.24) is 0 Å². The summed E-state index contributed by atoms with van der Waals surface area (Å²) < 4.78 is 16.2. The van der Waals surface area contributed by atoms with E-state index in [4.69, 9.17) is 19.3 Å². The summed E-state index contributed by atoms with van der Waals surface area (Å²) in [5, 5.41) is 10.7. The molecule has 0 amide bonds. The molecular weight excluding hydrogens is 296 g/mol. The normalized spacial score (nSPS) is 10.3. The van der Waals surface area contributed by atoms with E-state index in [9.17, 15) is 4.79 Å². The lowest BCUT2D eigenvalue weighted by molar-refractivity contribution is -0.139. The second-order valence-electron chi connectivity index (χ2n) is 4.94. The van der Waals surface area contributed by atoms with Crippen LogP contribution < -0.4 is 9.47 Å². The fourth-order valence-electron chi connectivity index (χ4n) is 2.06. The summed E-state index contributed by atoms with van der Waals surface area (Å²) in [7, 11) is 0. The third-order valence-electron chi connectivity index (χ3n) is 3.12. The Hall–Kier alpha value is -2.53. The molecule has 0 aliphatic heterocycles. The molecule has 0 aliphatic rings. The predicted molar refractivity (Wildman–Crippen MR) is 87.8 cm³/mol. The number of aliphatic hydroxyl groups excluding tert-OH is 1. The Kier molecular flexibility index (Phi) is 6.00. The van der Waals surface area contributed by atoms with Crippen molar-refractivity contribution in [3.05, 3.63) is 48.6 Å². The topological polar surface area (TPSA) is 65.0 Å². The van der Waals surface area contributed by atoms with E-state index in [0.717, 1.165) is 10.8 Å². The van der Waals surface area contributed by atoms with Crippen molar-refractivity contribution >= 4 is 16.7 Å². The van der Waals surface area contributed by atoms with Crippen LogP contribution in [0.25, 0.3) is 10.8 Å². The minimum absolute atomic E-state index is 0.0410. The molecule has 0 aromatic heterocycles. The fourth-order valence-corrected chi connectivity index (χ4v) is 2.06. The number of carbonyl (C=O) groups excluding carboxylic acids is 1. The van der Waals surface area contributed by atoms with Crippen molar-refractivity contribution in [1.29, 1.82) is 0 Å². The van der Waals surface area contributed by atoms with Crippen LogP contribution in [0.3, 0.4) is 0 Å². The second-order valence-corrected chi connectivity index (χ2v) is 4.94. The summed E-state index contributed by atoms with van der Waals surface area (Å²) in [6.45, 7) is 5.72. The van der Waals surface area contributed by atoms with E-state index < -0.39 is 5.97 Å². The third kappa shape index (κ3) is 4.47. The van der Waals surface area contributed by atoms with Gasteiger partial charge in [0.25, 0.3) is 0 Å². The maximum atomic E-state index is 11.3. The first-order valence-corrected chi connectivity index (χ1v) is 7.34. The number of ether oxygens (including phenoxy) is 3. The van der Waals surface area contributed by atoms with Gasteiger partial charge < -0.3 is 19.3 Å². The number of carbonyl (C=O) groups is 1. The summed E-state index contributed by atoms with van der Waals surface area (Å²) >= 11 is 0. The van der Waals surface area contributed by atoms with Crippen LogP contribution in [0.2, 0.25) is 0 Å². The molecule has 0 atom stereocenters. The molecule has 5 heteroatoms. The highest BCUT2D eigenvalue weighted by Gasteiger charge is 2.08. The van der Waals surface area contributed by atoms with Crippen molar-refractivity contribution < 1.29 is 24.1 Å². The van der Waals surface area contributed by atoms with Crippen molar-refractivity contribution in [3.63, 3.8) is 0 Å². The minimum atomic E-state index is -0.425. The summed E-state index contributed by atoms with van der Waals surface area (Å²) in [6.07, 6.45) is 0. The zero-order chi connectivity index (χ0) is 16.7. The standard InChI is InChI=1S/C18H20O5/c1-13(2)18(20)23-12-11-22-17-8-7-16(21-10-9-19)14-5-3-4-6-15(14)17/h3-8,19H,1,9-12H2,2H3. The molecule has 2 aromatic rings. The van der Waals surface area contributed by atoms with Crippen LogP contribution in [0.15, 0.2) is 48.6 Å². The van der Waals surface area contributed by atoms with Crippen molar-refractivity contribution in [2.75, 3.05) is 26.4 Å². The average Bonchev–Trinajstić information content (AvgIpc) is 2.57. The highest BCUT2D eigenvalue weighted by atomic mass is 16.6. The lowest BCUT2D eigenvalue weighted by Gasteiger charge is -2.13. The smallest absolute Gasteiger partial charge is 0.333 e. The molecule has 0 aliphatic carbocycles. The van der Waals surface area contributed by atoms with Crippen LogP contribution in [-0.4, -0.2) is 37.5 Å². The van der Waals surface area contributed by atoms with Crippen LogP contribution in [0.5, 0.6) is 11.5 Å². The highest BCUT2D eigenvalue weighted by Crippen LogP contribution is 2.33. The maximum absolute atomic E-state index is 11.3. The van der Waals surface area contributed by atoms with Gasteiger partial charge in [-0.1, -0.05) is 30.8 Å². The Balaban J connectivity index is 2.06. The summed E-state index contributed by atoms with van der Waals surface area (Å²) in [5.41, 5.74) is 0.362. The molecule has 5 nitrogen and oxygen atoms in total. The fraction of sp³-hybridized carbons (Fsp3) is 0.278. The molecule has 0 unspecified atom stereocenters. The van der Waals surface area contributed by atoms with Gasteiger partial charge in [-0.2, -0.15) is 0 Å². The molecule has 0 fully saturated rings. The quantitative estimate of drug-likeness (QED) is 0.461. The molecule has 0 bridgehead atoms. The highest BCUT2D eigenvalue weighted by molar-refractivity contribution is 5.93. The van der Waals surface area contributed by atoms with Crippen molar-refractivity contribution in [2.24, 2.45) is 0 Å². The molecule has 2 rings (SSSR count). The molecule has 0 heterocycles. The largest absolute Gasteiger partial charge is 0.491 e. The van der Waals surface area contributed by atoms with E-state index >= 15 is 0 Å². The van der Waals surface area contributed by atoms with Gasteiger partial charge in [0.05, 0.1) is 6.61 Å². The summed E-state index contributed by atoms with van der Waals surface area (Å²) in [4.78, 5) is 11.3. The molecule has 0 radical (unpaired) electrons. The number of fused-ring (bicyclic) bond motifs is 1. The van der Waals surface area contributed by atoms with Gasteiger partial charge in [-0.25, -0.2) is 4.79 Å². The number of benzene rings is 2. The summed E-state index contributed by atoms with van der Waals surface area (Å²) in [6, 6.07) is 11.3. The van der Waals surface area contributed by atoms with Gasteiger partial charge in [0, 0.05) is 16.3 Å². The summed E-state index contributed by atoms with van der Waals surface area (Å²) in [5.74, 6) is 0.949. The zero-order valence-electron chi connectivity index (χ0n) is 13.1. The van der Waals surface area contributed by atoms with E-state index in [1.807, 2.05) is 24.3 Å². The average molecular weight is 316 g/mol. The van der Waals surface area contributed by atoms with Gasteiger partial charge in [0.2, 0.25) is 0 Å². The zero-order valence-corrected chi connectivity index (χ0v) is 13.1. The van der Waals surface area contributed by atoms with E-state index in [-0.39, 0.29) is 26.4 Å². The van der Waals surface area contributed by atoms with Crippen LogP contribution in [0.4, 0.5) is 0 Å². The van der Waals surface area contributed by atoms with Gasteiger partial charge >= 0.3 is 5.97 Å². The Morgan fingerprint density at radius 1 is 1.00 bits per heavy atom. The molecule has 122 valence electrons. The van der Waals surface area contributed by atoms with Gasteiger partial charge in [-0.3, -0.25) is 0 Å². The molecule has 23 heavy (non-hydrogen) atoms. The Labute approximate surface area is 135 Å². The van der Waals surface area contributed by atoms with Crippen LogP contribution in [-0.2, 0) is 9.53 Å². The Morgan fingerprint density at radius 2 is 1.57 bits per heavy atom. The maximum Gasteiger partial charge on any atom is 0.333 e. The Bertz CT molecular complexity index is 693. The molecule has 0 saturated carbocycles. The lowest BCUT2D eigenvalue weighted by Crippen LogP contribution is -2.12. The SMILES string of the molecule is C=C(C)C(=O)OCCOc1ccc(OCCO)c2ccccc12. The van der Waals surface area contributed by atoms with Gasteiger partial charge in [-0.15, -0.1) is 0 Å². The molecule has 0 saturated heterocycles. The van der Waals surface area contributed by atoms with Crippen LogP contribution in [0, 0.1) is 0 Å². The van der Waals surface area contributed by atoms with Gasteiger partial charge in [0.1, 0.15) is 31.3 Å². The first-order chi connectivity index (χ1) is 11.1. The predicted octanol–water partition coefficient (Wildman–Crippen LogP) is 2.71. The van der Waals surface area contributed by atoms with Gasteiger partial charge in [0.15, 0.2) is 0 Å². The monoisotopic (exact) mass is 316 g/mol. The first-order valence-electron chi connectivity index (χ1n) is 7.34. The molecular formula is C18H20O5. The Morgan fingerprint density at radius 3 is 2.09 bits per heavy atom. The number of rotatable bonds is 8. The molecule has 2 aromatic carbocycles. The number of esters is 1. The van der Waals surface area contributed by atoms with Crippen LogP contribution in [0.1, 0.15) is 6.92 Å². The lowest BCUT2D eigenvalue weighted by atomic mass is 10.1. The van der Waals surface area contributed by atoms with Crippen molar-refractivity contribution in [2.45, 2.75) is 6.92 Å². The van der Waals surface area contributed by atoms with E-state index in [1.54, 1.807) is 19.1 Å². The van der Waals surface area contributed by atoms with E-state index in [0.29, 0.717) is 17.1 Å². The van der Waals surface area contributed by atoms with E-state index in [2.05, 4.69) is 6.58 Å². The van der Waals surface area contributed by atoms with E-state index in [1.165, 1.54) is 0 Å². The first kappa shape index (κ1) is 16.8. The molecule has 1 N–H and O–H groups in total. The number of hydrogen-bond donors (Lipinski definition) is 1. The second kappa shape index (κ2) is 8.19. The third-order valence-corrected chi connectivity index (χ3v) is 3.12. The van der Waals surface area contributed by atoms with Crippen LogP contribution >= 0.6 is 0 Å².